The monoisotopic (exact) mass is 278 g/mol. The van der Waals surface area contributed by atoms with Gasteiger partial charge in [-0.15, -0.1) is 0 Å². The number of hydrogen-bond acceptors (Lipinski definition) is 2. The lowest BCUT2D eigenvalue weighted by atomic mass is 10.0. The Balaban J connectivity index is 1.94. The van der Waals surface area contributed by atoms with Crippen molar-refractivity contribution in [3.05, 3.63) is 76.9 Å². The van der Waals surface area contributed by atoms with E-state index in [1.165, 1.54) is 16.7 Å². The quantitative estimate of drug-likeness (QED) is 0.785. The third kappa shape index (κ3) is 2.89. The largest absolute Gasteiger partial charge is 0.426 e. The fourth-order valence-electron chi connectivity index (χ4n) is 2.69. The van der Waals surface area contributed by atoms with E-state index in [0.29, 0.717) is 6.42 Å². The molecule has 0 unspecified atom stereocenters. The molecule has 0 heterocycles. The number of benzene rings is 2. The number of hydrogen-bond donors (Lipinski definition) is 0. The van der Waals surface area contributed by atoms with Crippen LogP contribution in [0, 0.1) is 0 Å². The molecule has 0 amide bonds. The minimum Gasteiger partial charge on any atom is -0.426 e. The molecule has 0 bridgehead atoms. The van der Waals surface area contributed by atoms with Crippen molar-refractivity contribution < 1.29 is 9.53 Å². The van der Waals surface area contributed by atoms with Gasteiger partial charge in [0, 0.05) is 12.0 Å². The molecular weight excluding hydrogens is 260 g/mol. The molecule has 2 aromatic rings. The van der Waals surface area contributed by atoms with Crippen LogP contribution in [-0.2, 0) is 22.4 Å². The summed E-state index contributed by atoms with van der Waals surface area (Å²) < 4.78 is 5.61. The molecule has 0 aliphatic heterocycles. The Hall–Kier alpha value is -2.35. The van der Waals surface area contributed by atoms with Crippen LogP contribution in [0.3, 0.4) is 0 Å². The summed E-state index contributed by atoms with van der Waals surface area (Å²) in [7, 11) is 0. The number of rotatable bonds is 4. The molecule has 0 fully saturated rings. The molecule has 1 aliphatic rings. The highest BCUT2D eigenvalue weighted by atomic mass is 16.5. The average Bonchev–Trinajstić information content (AvgIpc) is 2.86. The number of fused-ring (bicyclic) bond motifs is 1. The summed E-state index contributed by atoms with van der Waals surface area (Å²) in [6, 6.07) is 18.5. The first-order chi connectivity index (χ1) is 10.3. The molecule has 0 spiro atoms. The molecule has 0 aromatic heterocycles. The molecule has 2 heteroatoms. The van der Waals surface area contributed by atoms with E-state index in [1.807, 2.05) is 43.3 Å². The van der Waals surface area contributed by atoms with Crippen LogP contribution in [0.4, 0.5) is 0 Å². The van der Waals surface area contributed by atoms with Crippen LogP contribution in [0.15, 0.2) is 60.2 Å². The Morgan fingerprint density at radius 3 is 2.52 bits per heavy atom. The molecule has 3 rings (SSSR count). The molecule has 0 radical (unpaired) electrons. The summed E-state index contributed by atoms with van der Waals surface area (Å²) in [5.74, 6) is 0.591. The van der Waals surface area contributed by atoms with Gasteiger partial charge < -0.3 is 4.74 Å². The van der Waals surface area contributed by atoms with Gasteiger partial charge in [0.1, 0.15) is 5.76 Å². The fraction of sp³-hybridized carbons (Fsp3) is 0.211. The zero-order valence-corrected chi connectivity index (χ0v) is 12.1. The number of carbonyl (C=O) groups is 1. The maximum Gasteiger partial charge on any atom is 0.310 e. The second-order valence-corrected chi connectivity index (χ2v) is 5.26. The van der Waals surface area contributed by atoms with Gasteiger partial charge in [-0.2, -0.15) is 0 Å². The minimum absolute atomic E-state index is 0.174. The molecule has 2 nitrogen and oxygen atoms in total. The summed E-state index contributed by atoms with van der Waals surface area (Å²) in [6.07, 6.45) is 2.07. The number of carbonyl (C=O) groups excluding carboxylic acids is 1. The summed E-state index contributed by atoms with van der Waals surface area (Å²) >= 11 is 0. The van der Waals surface area contributed by atoms with E-state index in [2.05, 4.69) is 18.2 Å². The van der Waals surface area contributed by atoms with Gasteiger partial charge >= 0.3 is 5.97 Å². The van der Waals surface area contributed by atoms with Crippen LogP contribution in [-0.4, -0.2) is 5.97 Å². The van der Waals surface area contributed by atoms with Crippen LogP contribution in [0.2, 0.25) is 0 Å². The Kier molecular flexibility index (Phi) is 3.87. The van der Waals surface area contributed by atoms with Gasteiger partial charge in [-0.05, 0) is 29.5 Å². The second-order valence-electron chi connectivity index (χ2n) is 5.26. The van der Waals surface area contributed by atoms with Crippen LogP contribution >= 0.6 is 0 Å². The van der Waals surface area contributed by atoms with Crippen molar-refractivity contribution in [2.45, 2.75) is 26.2 Å². The summed E-state index contributed by atoms with van der Waals surface area (Å²) in [6.45, 7) is 1.82. The van der Waals surface area contributed by atoms with Crippen molar-refractivity contribution in [3.63, 3.8) is 0 Å². The zero-order chi connectivity index (χ0) is 14.7. The Morgan fingerprint density at radius 1 is 1.05 bits per heavy atom. The smallest absolute Gasteiger partial charge is 0.310 e. The van der Waals surface area contributed by atoms with Gasteiger partial charge in [0.25, 0.3) is 0 Å². The van der Waals surface area contributed by atoms with Crippen molar-refractivity contribution >= 4 is 11.7 Å². The standard InChI is InChI=1S/C19H18O2/c1-2-18(20)21-19-16(12-14-8-4-3-5-9-14)13-15-10-6-7-11-17(15)19/h3-11H,2,12-13H2,1H3. The van der Waals surface area contributed by atoms with E-state index >= 15 is 0 Å². The van der Waals surface area contributed by atoms with E-state index in [0.717, 1.165) is 24.2 Å². The Bertz CT molecular complexity index is 684. The van der Waals surface area contributed by atoms with Gasteiger partial charge in [-0.1, -0.05) is 61.5 Å². The molecule has 0 saturated heterocycles. The summed E-state index contributed by atoms with van der Waals surface area (Å²) in [5.41, 5.74) is 4.72. The first-order valence-electron chi connectivity index (χ1n) is 7.33. The lowest BCUT2D eigenvalue weighted by Gasteiger charge is -2.09. The lowest BCUT2D eigenvalue weighted by Crippen LogP contribution is -2.03. The first kappa shape index (κ1) is 13.6. The van der Waals surface area contributed by atoms with Gasteiger partial charge in [0.05, 0.1) is 0 Å². The maximum absolute atomic E-state index is 11.7. The van der Waals surface area contributed by atoms with Crippen molar-refractivity contribution in [2.75, 3.05) is 0 Å². The Morgan fingerprint density at radius 2 is 1.76 bits per heavy atom. The van der Waals surface area contributed by atoms with Crippen molar-refractivity contribution in [3.8, 4) is 0 Å². The van der Waals surface area contributed by atoms with E-state index in [4.69, 9.17) is 4.74 Å². The highest BCUT2D eigenvalue weighted by molar-refractivity contribution is 5.82. The van der Waals surface area contributed by atoms with Crippen molar-refractivity contribution in [2.24, 2.45) is 0 Å². The first-order valence-corrected chi connectivity index (χ1v) is 7.33. The van der Waals surface area contributed by atoms with Crippen LogP contribution < -0.4 is 0 Å². The molecular formula is C19H18O2. The van der Waals surface area contributed by atoms with Crippen LogP contribution in [0.1, 0.15) is 30.0 Å². The van der Waals surface area contributed by atoms with Crippen LogP contribution in [0.25, 0.3) is 5.76 Å². The van der Waals surface area contributed by atoms with E-state index < -0.39 is 0 Å². The van der Waals surface area contributed by atoms with Gasteiger partial charge in [-0.25, -0.2) is 0 Å². The highest BCUT2D eigenvalue weighted by Crippen LogP contribution is 2.35. The highest BCUT2D eigenvalue weighted by Gasteiger charge is 2.24. The van der Waals surface area contributed by atoms with Gasteiger partial charge in [0.2, 0.25) is 0 Å². The number of allylic oxidation sites excluding steroid dienone is 1. The molecule has 0 N–H and O–H groups in total. The average molecular weight is 278 g/mol. The summed E-state index contributed by atoms with van der Waals surface area (Å²) in [4.78, 5) is 11.7. The molecule has 2 aromatic carbocycles. The molecule has 21 heavy (non-hydrogen) atoms. The number of ether oxygens (including phenoxy) is 1. The third-order valence-corrected chi connectivity index (χ3v) is 3.75. The van der Waals surface area contributed by atoms with E-state index in [9.17, 15) is 4.79 Å². The Labute approximate surface area is 125 Å². The minimum atomic E-state index is -0.174. The SMILES string of the molecule is CCC(=O)OC1=C(Cc2ccccc2)Cc2ccccc21. The predicted molar refractivity (Wildman–Crippen MR) is 83.6 cm³/mol. The lowest BCUT2D eigenvalue weighted by molar-refractivity contribution is -0.136. The fourth-order valence-corrected chi connectivity index (χ4v) is 2.69. The van der Waals surface area contributed by atoms with E-state index in [1.54, 1.807) is 0 Å². The normalized spacial score (nSPS) is 13.2. The number of esters is 1. The van der Waals surface area contributed by atoms with Gasteiger partial charge in [-0.3, -0.25) is 4.79 Å². The molecule has 0 atom stereocenters. The van der Waals surface area contributed by atoms with Crippen molar-refractivity contribution in [1.29, 1.82) is 0 Å². The molecule has 1 aliphatic carbocycles. The maximum atomic E-state index is 11.7. The third-order valence-electron chi connectivity index (χ3n) is 3.75. The predicted octanol–water partition coefficient (Wildman–Crippen LogP) is 4.15. The summed E-state index contributed by atoms with van der Waals surface area (Å²) in [5, 5.41) is 0. The van der Waals surface area contributed by atoms with Gasteiger partial charge in [0.15, 0.2) is 0 Å². The zero-order valence-electron chi connectivity index (χ0n) is 12.1. The topological polar surface area (TPSA) is 26.3 Å². The molecule has 106 valence electrons. The van der Waals surface area contributed by atoms with E-state index in [-0.39, 0.29) is 5.97 Å². The second kappa shape index (κ2) is 5.96. The van der Waals surface area contributed by atoms with Crippen molar-refractivity contribution in [1.82, 2.24) is 0 Å². The van der Waals surface area contributed by atoms with Crippen LogP contribution in [0.5, 0.6) is 0 Å². The molecule has 0 saturated carbocycles.